The van der Waals surface area contributed by atoms with Crippen molar-refractivity contribution in [3.63, 3.8) is 0 Å². The van der Waals surface area contributed by atoms with E-state index in [-0.39, 0.29) is 17.8 Å². The van der Waals surface area contributed by atoms with Crippen LogP contribution in [0, 0.1) is 0 Å². The number of amides is 1. The van der Waals surface area contributed by atoms with Gasteiger partial charge in [-0.25, -0.2) is 4.79 Å². The second kappa shape index (κ2) is 11.3. The summed E-state index contributed by atoms with van der Waals surface area (Å²) in [5.41, 5.74) is 1.34. The van der Waals surface area contributed by atoms with E-state index < -0.39 is 54.9 Å². The number of carbonyl (C=O) groups excluding carboxylic acids is 2. The van der Waals surface area contributed by atoms with Crippen molar-refractivity contribution >= 4 is 17.4 Å². The van der Waals surface area contributed by atoms with E-state index in [2.05, 4.69) is 5.32 Å². The number of hydrogen-bond acceptors (Lipinski definition) is 9. The number of cyclic esters (lactones) is 1. The molecule has 2 aliphatic heterocycles. The molecule has 1 saturated heterocycles. The molecule has 4 rings (SSSR count). The van der Waals surface area contributed by atoms with Crippen LogP contribution in [0.2, 0.25) is 0 Å². The number of esters is 1. The standard InChI is InChI=1S/C26H29NO9/c1-14(28)27-20-23(31)22(30)17(13-33-2)34-26(20)36-25-18(15-9-5-3-6-10-15)19(24(32)35-25)21(29)16-11-7-4-8-12-16/h3-12,17,20-23,25-26,29-31H,13H2,1-2H3,(H,27,28). The van der Waals surface area contributed by atoms with Crippen molar-refractivity contribution in [2.24, 2.45) is 0 Å². The summed E-state index contributed by atoms with van der Waals surface area (Å²) in [4.78, 5) is 24.9. The van der Waals surface area contributed by atoms with Gasteiger partial charge in [0.05, 0.1) is 12.2 Å². The lowest BCUT2D eigenvalue weighted by Gasteiger charge is -2.43. The second-order valence-electron chi connectivity index (χ2n) is 8.59. The van der Waals surface area contributed by atoms with Crippen LogP contribution in [0.5, 0.6) is 0 Å². The topological polar surface area (TPSA) is 144 Å². The van der Waals surface area contributed by atoms with E-state index in [9.17, 15) is 24.9 Å². The second-order valence-corrected chi connectivity index (χ2v) is 8.59. The Morgan fingerprint density at radius 1 is 1.06 bits per heavy atom. The molecule has 7 unspecified atom stereocenters. The largest absolute Gasteiger partial charge is 0.428 e. The number of aliphatic hydroxyl groups excluding tert-OH is 3. The monoisotopic (exact) mass is 499 g/mol. The number of nitrogens with one attached hydrogen (secondary N) is 1. The van der Waals surface area contributed by atoms with Crippen LogP contribution in [0.15, 0.2) is 66.2 Å². The maximum Gasteiger partial charge on any atom is 0.340 e. The number of rotatable bonds is 8. The third-order valence-corrected chi connectivity index (χ3v) is 6.09. The Kier molecular flexibility index (Phi) is 8.14. The van der Waals surface area contributed by atoms with Gasteiger partial charge in [-0.2, -0.15) is 0 Å². The minimum atomic E-state index is -1.46. The molecule has 0 aliphatic carbocycles. The lowest BCUT2D eigenvalue weighted by Crippen LogP contribution is -2.65. The number of ether oxygens (including phenoxy) is 4. The predicted octanol–water partition coefficient (Wildman–Crippen LogP) is 0.671. The first kappa shape index (κ1) is 26.0. The molecule has 0 radical (unpaired) electrons. The molecule has 192 valence electrons. The van der Waals surface area contributed by atoms with Gasteiger partial charge in [0, 0.05) is 19.6 Å². The van der Waals surface area contributed by atoms with Crippen LogP contribution in [0.3, 0.4) is 0 Å². The zero-order chi connectivity index (χ0) is 25.8. The summed E-state index contributed by atoms with van der Waals surface area (Å²) in [7, 11) is 1.41. The zero-order valence-corrected chi connectivity index (χ0v) is 19.8. The van der Waals surface area contributed by atoms with Crippen LogP contribution >= 0.6 is 0 Å². The number of methoxy groups -OCH3 is 1. The molecular weight excluding hydrogens is 470 g/mol. The Morgan fingerprint density at radius 2 is 1.69 bits per heavy atom. The zero-order valence-electron chi connectivity index (χ0n) is 19.8. The Balaban J connectivity index is 1.72. The molecule has 1 fully saturated rings. The normalized spacial score (nSPS) is 29.1. The molecule has 2 aliphatic rings. The van der Waals surface area contributed by atoms with Crippen LogP contribution < -0.4 is 5.32 Å². The summed E-state index contributed by atoms with van der Waals surface area (Å²) >= 11 is 0. The van der Waals surface area contributed by atoms with Crippen LogP contribution in [0.25, 0.3) is 5.57 Å². The fourth-order valence-corrected chi connectivity index (χ4v) is 4.38. The Hall–Kier alpha value is -3.12. The minimum Gasteiger partial charge on any atom is -0.428 e. The predicted molar refractivity (Wildman–Crippen MR) is 126 cm³/mol. The number of carbonyl (C=O) groups is 2. The van der Waals surface area contributed by atoms with E-state index in [0.717, 1.165) is 0 Å². The van der Waals surface area contributed by atoms with Crippen molar-refractivity contribution in [3.8, 4) is 0 Å². The van der Waals surface area contributed by atoms with Crippen molar-refractivity contribution < 1.29 is 43.9 Å². The fourth-order valence-electron chi connectivity index (χ4n) is 4.38. The van der Waals surface area contributed by atoms with E-state index in [0.29, 0.717) is 11.1 Å². The molecule has 36 heavy (non-hydrogen) atoms. The molecule has 0 aromatic heterocycles. The number of benzene rings is 2. The molecule has 4 N–H and O–H groups in total. The highest BCUT2D eigenvalue weighted by Gasteiger charge is 2.49. The van der Waals surface area contributed by atoms with Gasteiger partial charge in [-0.1, -0.05) is 60.7 Å². The lowest BCUT2D eigenvalue weighted by atomic mass is 9.93. The van der Waals surface area contributed by atoms with E-state index in [1.54, 1.807) is 60.7 Å². The molecule has 7 atom stereocenters. The smallest absolute Gasteiger partial charge is 0.340 e. The van der Waals surface area contributed by atoms with E-state index in [1.807, 2.05) is 0 Å². The van der Waals surface area contributed by atoms with Gasteiger partial charge in [-0.05, 0) is 11.1 Å². The SMILES string of the molecule is COCC1OC(OC2OC(=O)C(C(O)c3ccccc3)=C2c2ccccc2)C(NC(C)=O)C(O)C1O. The van der Waals surface area contributed by atoms with Gasteiger partial charge in [0.25, 0.3) is 0 Å². The molecule has 0 bridgehead atoms. The van der Waals surface area contributed by atoms with Crippen LogP contribution in [-0.2, 0) is 28.5 Å². The van der Waals surface area contributed by atoms with Crippen molar-refractivity contribution in [1.29, 1.82) is 0 Å². The Labute approximate surface area is 208 Å². The first-order valence-corrected chi connectivity index (χ1v) is 11.5. The van der Waals surface area contributed by atoms with Gasteiger partial charge in [-0.15, -0.1) is 0 Å². The van der Waals surface area contributed by atoms with E-state index in [1.165, 1.54) is 14.0 Å². The molecule has 2 heterocycles. The van der Waals surface area contributed by atoms with E-state index in [4.69, 9.17) is 18.9 Å². The highest BCUT2D eigenvalue weighted by atomic mass is 16.8. The maximum atomic E-state index is 13.0. The maximum absolute atomic E-state index is 13.0. The first-order chi connectivity index (χ1) is 17.3. The third-order valence-electron chi connectivity index (χ3n) is 6.09. The average Bonchev–Trinajstić information content (AvgIpc) is 3.20. The average molecular weight is 500 g/mol. The summed E-state index contributed by atoms with van der Waals surface area (Å²) in [5, 5.41) is 34.8. The minimum absolute atomic E-state index is 0.00156. The van der Waals surface area contributed by atoms with Gasteiger partial charge in [-0.3, -0.25) is 4.79 Å². The molecular formula is C26H29NO9. The van der Waals surface area contributed by atoms with Gasteiger partial charge in [0.2, 0.25) is 12.2 Å². The van der Waals surface area contributed by atoms with Crippen LogP contribution in [0.1, 0.15) is 24.2 Å². The fraction of sp³-hybridized carbons (Fsp3) is 0.385. The summed E-state index contributed by atoms with van der Waals surface area (Å²) < 4.78 is 22.5. The summed E-state index contributed by atoms with van der Waals surface area (Å²) in [5.74, 6) is -1.27. The molecule has 2 aromatic carbocycles. The van der Waals surface area contributed by atoms with Gasteiger partial charge < -0.3 is 39.6 Å². The third kappa shape index (κ3) is 5.34. The quantitative estimate of drug-likeness (QED) is 0.385. The highest BCUT2D eigenvalue weighted by Crippen LogP contribution is 2.40. The Morgan fingerprint density at radius 3 is 2.31 bits per heavy atom. The van der Waals surface area contributed by atoms with Crippen molar-refractivity contribution in [2.75, 3.05) is 13.7 Å². The highest BCUT2D eigenvalue weighted by molar-refractivity contribution is 6.03. The van der Waals surface area contributed by atoms with Gasteiger partial charge in [0.1, 0.15) is 30.5 Å². The van der Waals surface area contributed by atoms with Crippen LogP contribution in [0.4, 0.5) is 0 Å². The van der Waals surface area contributed by atoms with Gasteiger partial charge in [0.15, 0.2) is 6.29 Å². The number of aliphatic hydroxyl groups is 3. The molecule has 2 aromatic rings. The molecule has 0 spiro atoms. The lowest BCUT2D eigenvalue weighted by molar-refractivity contribution is -0.297. The summed E-state index contributed by atoms with van der Waals surface area (Å²) in [6.07, 6.45) is -7.75. The van der Waals surface area contributed by atoms with Crippen molar-refractivity contribution in [2.45, 2.75) is 50.0 Å². The molecule has 1 amide bonds. The van der Waals surface area contributed by atoms with Crippen molar-refractivity contribution in [1.82, 2.24) is 5.32 Å². The van der Waals surface area contributed by atoms with Gasteiger partial charge >= 0.3 is 5.97 Å². The summed E-state index contributed by atoms with van der Waals surface area (Å²) in [6, 6.07) is 16.3. The van der Waals surface area contributed by atoms with E-state index >= 15 is 0 Å². The summed E-state index contributed by atoms with van der Waals surface area (Å²) in [6.45, 7) is 1.19. The molecule has 10 nitrogen and oxygen atoms in total. The van der Waals surface area contributed by atoms with Crippen molar-refractivity contribution in [3.05, 3.63) is 77.4 Å². The molecule has 0 saturated carbocycles. The first-order valence-electron chi connectivity index (χ1n) is 11.5. The number of hydrogen-bond donors (Lipinski definition) is 4. The molecule has 10 heteroatoms. The van der Waals surface area contributed by atoms with Crippen LogP contribution in [-0.4, -0.2) is 77.8 Å². The Bertz CT molecular complexity index is 1090.